The monoisotopic (exact) mass is 455 g/mol. The molecule has 1 saturated heterocycles. The van der Waals surface area contributed by atoms with Crippen molar-refractivity contribution in [3.63, 3.8) is 0 Å². The van der Waals surface area contributed by atoms with Gasteiger partial charge in [0.1, 0.15) is 5.82 Å². The fourth-order valence-corrected chi connectivity index (χ4v) is 4.28. The van der Waals surface area contributed by atoms with Crippen molar-refractivity contribution in [1.29, 1.82) is 0 Å². The quantitative estimate of drug-likeness (QED) is 0.440. The van der Waals surface area contributed by atoms with Crippen LogP contribution in [0.1, 0.15) is 10.5 Å². The number of carbonyl (C=O) groups excluding carboxylic acids is 1. The van der Waals surface area contributed by atoms with Crippen molar-refractivity contribution in [2.45, 2.75) is 0 Å². The van der Waals surface area contributed by atoms with Gasteiger partial charge in [-0.05, 0) is 12.1 Å². The van der Waals surface area contributed by atoms with Gasteiger partial charge in [0.25, 0.3) is 5.56 Å². The van der Waals surface area contributed by atoms with E-state index in [0.717, 1.165) is 31.9 Å². The van der Waals surface area contributed by atoms with Gasteiger partial charge in [0.05, 0.1) is 17.8 Å². The third kappa shape index (κ3) is 4.63. The summed E-state index contributed by atoms with van der Waals surface area (Å²) in [6.07, 6.45) is 0. The molecule has 0 saturated carbocycles. The third-order valence-corrected chi connectivity index (χ3v) is 5.89. The van der Waals surface area contributed by atoms with Crippen molar-refractivity contribution in [3.8, 4) is 17.1 Å². The topological polar surface area (TPSA) is 139 Å². The first-order valence-electron chi connectivity index (χ1n) is 9.87. The van der Waals surface area contributed by atoms with Crippen LogP contribution in [0.25, 0.3) is 11.4 Å². The van der Waals surface area contributed by atoms with Crippen molar-refractivity contribution < 1.29 is 19.8 Å². The summed E-state index contributed by atoms with van der Waals surface area (Å²) >= 11 is 1.26. The number of carboxylic acids is 1. The lowest BCUT2D eigenvalue weighted by molar-refractivity contribution is -0.117. The number of para-hydroxylation sites is 1. The Labute approximate surface area is 186 Å². The van der Waals surface area contributed by atoms with E-state index in [-0.39, 0.29) is 18.3 Å². The average molecular weight is 455 g/mol. The van der Waals surface area contributed by atoms with E-state index in [4.69, 9.17) is 5.11 Å². The highest BCUT2D eigenvalue weighted by Crippen LogP contribution is 2.30. The maximum atomic E-state index is 12.6. The molecule has 1 fully saturated rings. The number of aromatic carboxylic acids is 1. The summed E-state index contributed by atoms with van der Waals surface area (Å²) in [5, 5.41) is 24.9. The van der Waals surface area contributed by atoms with Crippen LogP contribution in [0, 0.1) is 0 Å². The largest absolute Gasteiger partial charge is 0.501 e. The summed E-state index contributed by atoms with van der Waals surface area (Å²) in [5.41, 5.74) is 0.233. The lowest BCUT2D eigenvalue weighted by Gasteiger charge is -2.35. The molecule has 0 bridgehead atoms. The Hall–Kier alpha value is -3.70. The van der Waals surface area contributed by atoms with Crippen LogP contribution in [0.4, 0.5) is 11.4 Å². The van der Waals surface area contributed by atoms with E-state index in [2.05, 4.69) is 37.2 Å². The first kappa shape index (κ1) is 21.5. The molecule has 1 aliphatic rings. The highest BCUT2D eigenvalue weighted by Gasteiger charge is 2.22. The van der Waals surface area contributed by atoms with Crippen molar-refractivity contribution in [2.24, 2.45) is 0 Å². The molecule has 10 nitrogen and oxygen atoms in total. The van der Waals surface area contributed by atoms with E-state index < -0.39 is 23.0 Å². The lowest BCUT2D eigenvalue weighted by Crippen LogP contribution is -2.48. The number of rotatable bonds is 6. The lowest BCUT2D eigenvalue weighted by atomic mass is 10.2. The first-order valence-corrected chi connectivity index (χ1v) is 10.8. The molecule has 0 unspecified atom stereocenters. The number of amides is 1. The van der Waals surface area contributed by atoms with Gasteiger partial charge in [0.15, 0.2) is 5.69 Å². The van der Waals surface area contributed by atoms with Gasteiger partial charge in [-0.25, -0.2) is 9.78 Å². The molecule has 4 rings (SSSR count). The van der Waals surface area contributed by atoms with Crippen molar-refractivity contribution in [2.75, 3.05) is 42.9 Å². The van der Waals surface area contributed by atoms with E-state index in [0.29, 0.717) is 11.3 Å². The highest BCUT2D eigenvalue weighted by atomic mass is 32.1. The number of aromatic hydroxyl groups is 1. The predicted octanol–water partition coefficient (Wildman–Crippen LogP) is 1.66. The SMILES string of the molecule is O=C(CN1CCN(c2ccccc2)CC1)Nc1cscc1-c1nc(C(=O)O)c(O)c(=O)[nH]1. The summed E-state index contributed by atoms with van der Waals surface area (Å²) in [7, 11) is 0. The maximum Gasteiger partial charge on any atom is 0.358 e. The van der Waals surface area contributed by atoms with E-state index in [1.807, 2.05) is 18.2 Å². The predicted molar refractivity (Wildman–Crippen MR) is 121 cm³/mol. The number of carboxylic acid groups (broad SMARTS) is 1. The zero-order valence-corrected chi connectivity index (χ0v) is 17.8. The molecule has 0 atom stereocenters. The fourth-order valence-electron chi connectivity index (χ4n) is 3.52. The zero-order chi connectivity index (χ0) is 22.7. The minimum absolute atomic E-state index is 0.0433. The minimum atomic E-state index is -1.52. The van der Waals surface area contributed by atoms with E-state index in [9.17, 15) is 19.5 Å². The zero-order valence-electron chi connectivity index (χ0n) is 16.9. The first-order chi connectivity index (χ1) is 15.4. The third-order valence-electron chi connectivity index (χ3n) is 5.15. The van der Waals surface area contributed by atoms with E-state index in [1.54, 1.807) is 10.8 Å². The van der Waals surface area contributed by atoms with Crippen LogP contribution in [0.3, 0.4) is 0 Å². The van der Waals surface area contributed by atoms with E-state index >= 15 is 0 Å². The number of hydrogen-bond donors (Lipinski definition) is 4. The van der Waals surface area contributed by atoms with Gasteiger partial charge in [-0.2, -0.15) is 0 Å². The molecule has 4 N–H and O–H groups in total. The number of nitrogens with zero attached hydrogens (tertiary/aromatic N) is 3. The Morgan fingerprint density at radius 2 is 1.84 bits per heavy atom. The van der Waals surface area contributed by atoms with Gasteiger partial charge in [-0.3, -0.25) is 14.5 Å². The highest BCUT2D eigenvalue weighted by molar-refractivity contribution is 7.08. The minimum Gasteiger partial charge on any atom is -0.501 e. The number of aromatic amines is 1. The summed E-state index contributed by atoms with van der Waals surface area (Å²) in [6, 6.07) is 10.1. The van der Waals surface area contributed by atoms with Gasteiger partial charge in [0.2, 0.25) is 11.7 Å². The Balaban J connectivity index is 1.40. The van der Waals surface area contributed by atoms with Gasteiger partial charge in [0, 0.05) is 42.6 Å². The van der Waals surface area contributed by atoms with Crippen LogP contribution < -0.4 is 15.8 Å². The molecule has 1 aliphatic heterocycles. The van der Waals surface area contributed by atoms with Crippen molar-refractivity contribution >= 4 is 34.6 Å². The molecule has 1 amide bonds. The molecule has 11 heteroatoms. The second-order valence-corrected chi connectivity index (χ2v) is 8.01. The van der Waals surface area contributed by atoms with Crippen LogP contribution in [-0.4, -0.2) is 69.7 Å². The summed E-state index contributed by atoms with van der Waals surface area (Å²) in [5.74, 6) is -2.75. The number of nitrogens with one attached hydrogen (secondary N) is 2. The van der Waals surface area contributed by atoms with Crippen LogP contribution in [0.15, 0.2) is 45.9 Å². The molecule has 3 heterocycles. The number of piperazine rings is 1. The summed E-state index contributed by atoms with van der Waals surface area (Å²) in [6.45, 7) is 3.33. The Morgan fingerprint density at radius 1 is 1.12 bits per heavy atom. The number of anilines is 2. The number of thiophene rings is 1. The van der Waals surface area contributed by atoms with Crippen LogP contribution in [0.2, 0.25) is 0 Å². The van der Waals surface area contributed by atoms with Crippen molar-refractivity contribution in [3.05, 3.63) is 57.1 Å². The second kappa shape index (κ2) is 9.20. The average Bonchev–Trinajstić information content (AvgIpc) is 3.24. The van der Waals surface area contributed by atoms with E-state index in [1.165, 1.54) is 11.3 Å². The maximum absolute atomic E-state index is 12.6. The molecule has 1 aromatic carbocycles. The molecule has 32 heavy (non-hydrogen) atoms. The molecular weight excluding hydrogens is 434 g/mol. The molecule has 0 aliphatic carbocycles. The summed E-state index contributed by atoms with van der Waals surface area (Å²) in [4.78, 5) is 46.3. The van der Waals surface area contributed by atoms with Gasteiger partial charge >= 0.3 is 5.97 Å². The smallest absolute Gasteiger partial charge is 0.358 e. The number of aromatic nitrogens is 2. The molecule has 0 radical (unpaired) electrons. The molecular formula is C21H21N5O5S. The normalized spacial score (nSPS) is 14.3. The standard InChI is InChI=1S/C21H21N5O5S/c27-16(10-25-6-8-26(9-7-25)13-4-2-1-3-5-13)22-15-12-32-11-14(15)19-23-17(21(30)31)18(28)20(29)24-19/h1-5,11-12,28H,6-10H2,(H,22,27)(H,30,31)(H,23,24,29). The van der Waals surface area contributed by atoms with Crippen molar-refractivity contribution in [1.82, 2.24) is 14.9 Å². The Bertz CT molecular complexity index is 1180. The Kier molecular flexibility index (Phi) is 6.19. The molecule has 2 aromatic heterocycles. The molecule has 0 spiro atoms. The van der Waals surface area contributed by atoms with Gasteiger partial charge in [-0.1, -0.05) is 18.2 Å². The van der Waals surface area contributed by atoms with Crippen LogP contribution in [-0.2, 0) is 4.79 Å². The second-order valence-electron chi connectivity index (χ2n) is 7.26. The van der Waals surface area contributed by atoms with Crippen LogP contribution >= 0.6 is 11.3 Å². The Morgan fingerprint density at radius 3 is 2.53 bits per heavy atom. The number of H-pyrrole nitrogens is 1. The number of hydrogen-bond acceptors (Lipinski definition) is 8. The van der Waals surface area contributed by atoms with Gasteiger partial charge in [-0.15, -0.1) is 11.3 Å². The fraction of sp³-hybridized carbons (Fsp3) is 0.238. The molecule has 166 valence electrons. The van der Waals surface area contributed by atoms with Gasteiger partial charge < -0.3 is 25.4 Å². The number of benzene rings is 1. The van der Waals surface area contributed by atoms with Crippen LogP contribution in [0.5, 0.6) is 5.75 Å². The number of carbonyl (C=O) groups is 2. The molecule has 3 aromatic rings. The summed E-state index contributed by atoms with van der Waals surface area (Å²) < 4.78 is 0.